The van der Waals surface area contributed by atoms with Crippen LogP contribution in [0.4, 0.5) is 5.69 Å². The fourth-order valence-corrected chi connectivity index (χ4v) is 4.34. The molecule has 1 unspecified atom stereocenters. The molecule has 1 aliphatic heterocycles. The van der Waals surface area contributed by atoms with Gasteiger partial charge in [-0.1, -0.05) is 6.42 Å². The average Bonchev–Trinajstić information content (AvgIpc) is 3.29. The van der Waals surface area contributed by atoms with E-state index >= 15 is 0 Å². The minimum atomic E-state index is 0. The molecule has 1 aliphatic carbocycles. The second-order valence-corrected chi connectivity index (χ2v) is 7.75. The highest BCUT2D eigenvalue weighted by molar-refractivity contribution is 7.10. The zero-order valence-corrected chi connectivity index (χ0v) is 15.4. The molecule has 1 aromatic rings. The Bertz CT molecular complexity index is 507. The van der Waals surface area contributed by atoms with E-state index in [1.54, 1.807) is 11.3 Å². The lowest BCUT2D eigenvalue weighted by Gasteiger charge is -2.39. The van der Waals surface area contributed by atoms with Crippen molar-refractivity contribution in [1.82, 2.24) is 4.90 Å². The summed E-state index contributed by atoms with van der Waals surface area (Å²) in [4.78, 5) is 16.5. The average molecular weight is 343 g/mol. The number of amides is 1. The second-order valence-electron chi connectivity index (χ2n) is 6.67. The van der Waals surface area contributed by atoms with E-state index < -0.39 is 0 Å². The van der Waals surface area contributed by atoms with Crippen LogP contribution in [0.2, 0.25) is 0 Å². The number of nitrogens with zero attached hydrogens (tertiary/aromatic N) is 1. The van der Waals surface area contributed by atoms with Gasteiger partial charge in [-0.3, -0.25) is 9.69 Å². The van der Waals surface area contributed by atoms with Crippen LogP contribution in [0.1, 0.15) is 49.5 Å². The fourth-order valence-electron chi connectivity index (χ4n) is 3.54. The molecule has 0 aromatic carbocycles. The van der Waals surface area contributed by atoms with Crippen molar-refractivity contribution in [3.8, 4) is 0 Å². The maximum atomic E-state index is 12.8. The van der Waals surface area contributed by atoms with Gasteiger partial charge < -0.3 is 5.32 Å². The smallest absolute Gasteiger partial charge is 0.241 e. The van der Waals surface area contributed by atoms with Crippen LogP contribution >= 0.6 is 23.7 Å². The molecule has 2 aliphatic rings. The van der Waals surface area contributed by atoms with Crippen LogP contribution in [0.3, 0.4) is 0 Å². The summed E-state index contributed by atoms with van der Waals surface area (Å²) < 4.78 is 0. The Balaban J connectivity index is 0.00000176. The lowest BCUT2D eigenvalue weighted by molar-refractivity contribution is -0.123. The second kappa shape index (κ2) is 7.33. The van der Waals surface area contributed by atoms with Crippen LogP contribution in [-0.2, 0) is 4.79 Å². The van der Waals surface area contributed by atoms with Crippen LogP contribution in [0.5, 0.6) is 0 Å². The number of likely N-dealkylation sites (tertiary alicyclic amines) is 1. The molecule has 3 rings (SSSR count). The molecular formula is C17H27ClN2OS. The minimum absolute atomic E-state index is 0. The monoisotopic (exact) mass is 342 g/mol. The quantitative estimate of drug-likeness (QED) is 0.880. The number of thiophene rings is 1. The van der Waals surface area contributed by atoms with E-state index in [9.17, 15) is 4.79 Å². The summed E-state index contributed by atoms with van der Waals surface area (Å²) >= 11 is 1.71. The first-order valence-corrected chi connectivity index (χ1v) is 9.07. The van der Waals surface area contributed by atoms with Crippen molar-refractivity contribution in [2.75, 3.05) is 11.9 Å². The predicted octanol–water partition coefficient (Wildman–Crippen LogP) is 4.38. The van der Waals surface area contributed by atoms with Gasteiger partial charge >= 0.3 is 0 Å². The third kappa shape index (κ3) is 3.66. The zero-order valence-electron chi connectivity index (χ0n) is 13.7. The molecule has 3 nitrogen and oxygen atoms in total. The molecule has 2 heterocycles. The summed E-state index contributed by atoms with van der Waals surface area (Å²) in [7, 11) is 0. The Morgan fingerprint density at radius 2 is 2.05 bits per heavy atom. The number of hydrogen-bond acceptors (Lipinski definition) is 3. The molecule has 1 amide bonds. The van der Waals surface area contributed by atoms with Crippen molar-refractivity contribution in [3.63, 3.8) is 0 Å². The highest BCUT2D eigenvalue weighted by atomic mass is 35.5. The number of halogens is 1. The molecule has 2 atom stereocenters. The largest absolute Gasteiger partial charge is 0.323 e. The van der Waals surface area contributed by atoms with Crippen molar-refractivity contribution in [3.05, 3.63) is 15.8 Å². The van der Waals surface area contributed by atoms with E-state index in [1.807, 2.05) is 0 Å². The number of carbonyl (C=O) groups is 1. The van der Waals surface area contributed by atoms with Gasteiger partial charge in [0.15, 0.2) is 0 Å². The number of rotatable bonds is 4. The number of anilines is 1. The first kappa shape index (κ1) is 17.8. The van der Waals surface area contributed by atoms with Crippen LogP contribution in [0, 0.1) is 19.8 Å². The number of piperidine rings is 1. The zero-order chi connectivity index (χ0) is 15.0. The van der Waals surface area contributed by atoms with Crippen molar-refractivity contribution in [1.29, 1.82) is 0 Å². The van der Waals surface area contributed by atoms with E-state index in [1.165, 1.54) is 36.1 Å². The van der Waals surface area contributed by atoms with Gasteiger partial charge in [0.2, 0.25) is 5.91 Å². The summed E-state index contributed by atoms with van der Waals surface area (Å²) in [6.07, 6.45) is 6.10. The summed E-state index contributed by atoms with van der Waals surface area (Å²) in [5.41, 5.74) is 2.22. The number of nitrogens with one attached hydrogen (secondary N) is 1. The van der Waals surface area contributed by atoms with Gasteiger partial charge in [0.1, 0.15) is 0 Å². The van der Waals surface area contributed by atoms with Gasteiger partial charge in [0.25, 0.3) is 0 Å². The molecule has 22 heavy (non-hydrogen) atoms. The summed E-state index contributed by atoms with van der Waals surface area (Å²) in [5, 5.41) is 5.32. The van der Waals surface area contributed by atoms with E-state index in [0.29, 0.717) is 6.04 Å². The normalized spacial score (nSPS) is 23.7. The van der Waals surface area contributed by atoms with Gasteiger partial charge in [-0.25, -0.2) is 0 Å². The lowest BCUT2D eigenvalue weighted by atomic mass is 9.97. The van der Waals surface area contributed by atoms with Gasteiger partial charge in [-0.05, 0) is 69.9 Å². The Labute approximate surface area is 143 Å². The number of hydrogen-bond donors (Lipinski definition) is 1. The molecule has 1 N–H and O–H groups in total. The maximum Gasteiger partial charge on any atom is 0.241 e. The first-order valence-electron chi connectivity index (χ1n) is 8.19. The van der Waals surface area contributed by atoms with E-state index in [4.69, 9.17) is 0 Å². The van der Waals surface area contributed by atoms with Gasteiger partial charge in [0.05, 0.1) is 11.7 Å². The molecule has 1 saturated carbocycles. The van der Waals surface area contributed by atoms with Gasteiger partial charge in [0, 0.05) is 10.9 Å². The highest BCUT2D eigenvalue weighted by Crippen LogP contribution is 2.37. The molecule has 0 bridgehead atoms. The van der Waals surface area contributed by atoms with Crippen LogP contribution in [-0.4, -0.2) is 29.4 Å². The third-order valence-electron chi connectivity index (χ3n) is 5.08. The van der Waals surface area contributed by atoms with Crippen molar-refractivity contribution in [2.45, 2.75) is 65.0 Å². The van der Waals surface area contributed by atoms with Gasteiger partial charge in [-0.2, -0.15) is 0 Å². The maximum absolute atomic E-state index is 12.8. The molecular weight excluding hydrogens is 316 g/mol. The van der Waals surface area contributed by atoms with Crippen LogP contribution in [0.25, 0.3) is 0 Å². The standard InChI is InChI=1S/C17H26N2OS.ClH/c1-11-10-21-13(3)16(11)18-17(20)15-6-4-5-9-19(15)12(2)14-7-8-14;/h10,12,14-15H,4-9H2,1-3H3,(H,18,20);1H/t12?,15-;/m0./s1. The SMILES string of the molecule is Cc1csc(C)c1NC(=O)[C@@H]1CCCCN1C(C)C1CC1.Cl. The van der Waals surface area contributed by atoms with E-state index in [-0.39, 0.29) is 24.4 Å². The molecule has 1 saturated heterocycles. The van der Waals surface area contributed by atoms with Crippen LogP contribution < -0.4 is 5.32 Å². The van der Waals surface area contributed by atoms with Crippen molar-refractivity contribution < 1.29 is 4.79 Å². The minimum Gasteiger partial charge on any atom is -0.323 e. The Hall–Kier alpha value is -0.580. The fraction of sp³-hybridized carbons (Fsp3) is 0.706. The molecule has 0 spiro atoms. The highest BCUT2D eigenvalue weighted by Gasteiger charge is 2.38. The lowest BCUT2D eigenvalue weighted by Crippen LogP contribution is -2.51. The summed E-state index contributed by atoms with van der Waals surface area (Å²) in [6, 6.07) is 0.624. The molecule has 124 valence electrons. The van der Waals surface area contributed by atoms with Crippen LogP contribution in [0.15, 0.2) is 5.38 Å². The number of carbonyl (C=O) groups excluding carboxylic acids is 1. The van der Waals surface area contributed by atoms with Crippen molar-refractivity contribution in [2.24, 2.45) is 5.92 Å². The summed E-state index contributed by atoms with van der Waals surface area (Å²) in [6.45, 7) is 7.55. The molecule has 2 fully saturated rings. The molecule has 0 radical (unpaired) electrons. The Morgan fingerprint density at radius 3 is 2.64 bits per heavy atom. The molecule has 1 aromatic heterocycles. The van der Waals surface area contributed by atoms with E-state index in [0.717, 1.165) is 24.6 Å². The summed E-state index contributed by atoms with van der Waals surface area (Å²) in [5.74, 6) is 1.02. The van der Waals surface area contributed by atoms with E-state index in [2.05, 4.69) is 36.4 Å². The van der Waals surface area contributed by atoms with Gasteiger partial charge in [-0.15, -0.1) is 23.7 Å². The topological polar surface area (TPSA) is 32.3 Å². The predicted molar refractivity (Wildman–Crippen MR) is 96.2 cm³/mol. The third-order valence-corrected chi connectivity index (χ3v) is 6.11. The Morgan fingerprint density at radius 1 is 1.32 bits per heavy atom. The number of aryl methyl sites for hydroxylation is 2. The first-order chi connectivity index (χ1) is 10.1. The molecule has 5 heteroatoms. The van der Waals surface area contributed by atoms with Crippen molar-refractivity contribution >= 4 is 35.3 Å². The Kier molecular flexibility index (Phi) is 5.92.